The van der Waals surface area contributed by atoms with Crippen LogP contribution in [0.15, 0.2) is 5.10 Å². The number of hydrogen-bond acceptors (Lipinski definition) is 3. The molecule has 62 valence electrons. The minimum absolute atomic E-state index is 0.0801. The van der Waals surface area contributed by atoms with Crippen LogP contribution in [0.25, 0.3) is 0 Å². The summed E-state index contributed by atoms with van der Waals surface area (Å²) in [6.07, 6.45) is 3.24. The minimum atomic E-state index is -0.188. The van der Waals surface area contributed by atoms with Crippen LogP contribution < -0.4 is 5.43 Å². The Morgan fingerprint density at radius 1 is 1.73 bits per heavy atom. The summed E-state index contributed by atoms with van der Waals surface area (Å²) in [5, 5.41) is 3.89. The molecule has 1 amide bonds. The van der Waals surface area contributed by atoms with E-state index in [4.69, 9.17) is 0 Å². The first-order chi connectivity index (χ1) is 5.33. The fraction of sp³-hybridized carbons (Fsp3) is 0.714. The molecule has 1 aliphatic rings. The lowest BCUT2D eigenvalue weighted by Gasteiger charge is -2.13. The van der Waals surface area contributed by atoms with Gasteiger partial charge in [0, 0.05) is 12.8 Å². The molecule has 4 heteroatoms. The third kappa shape index (κ3) is 2.67. The van der Waals surface area contributed by atoms with Crippen LogP contribution in [0.1, 0.15) is 19.3 Å². The standard InChI is InChI=1S/C7H12N2O2/c1-11-5-7(10)9-8-6-3-2-4-6/h2-5H2,1H3,(H,9,10). The van der Waals surface area contributed by atoms with E-state index in [1.54, 1.807) is 0 Å². The van der Waals surface area contributed by atoms with Gasteiger partial charge in [-0.3, -0.25) is 4.79 Å². The van der Waals surface area contributed by atoms with E-state index < -0.39 is 0 Å². The first-order valence-corrected chi connectivity index (χ1v) is 3.66. The second-order valence-corrected chi connectivity index (χ2v) is 2.50. The first kappa shape index (κ1) is 8.20. The zero-order valence-electron chi connectivity index (χ0n) is 6.59. The Kier molecular flexibility index (Phi) is 3.04. The van der Waals surface area contributed by atoms with Crippen molar-refractivity contribution in [1.82, 2.24) is 5.43 Å². The lowest BCUT2D eigenvalue weighted by atomic mass is 9.98. The molecule has 0 unspecified atom stereocenters. The second kappa shape index (κ2) is 4.08. The number of nitrogens with one attached hydrogen (secondary N) is 1. The van der Waals surface area contributed by atoms with Gasteiger partial charge in [-0.2, -0.15) is 5.10 Å². The van der Waals surface area contributed by atoms with Gasteiger partial charge in [0.1, 0.15) is 6.61 Å². The molecule has 0 aromatic carbocycles. The van der Waals surface area contributed by atoms with Gasteiger partial charge in [-0.1, -0.05) is 0 Å². The molecular formula is C7H12N2O2. The number of methoxy groups -OCH3 is 1. The molecule has 4 nitrogen and oxygen atoms in total. The summed E-state index contributed by atoms with van der Waals surface area (Å²) in [7, 11) is 1.48. The van der Waals surface area contributed by atoms with Crippen molar-refractivity contribution in [3.8, 4) is 0 Å². The minimum Gasteiger partial charge on any atom is -0.375 e. The van der Waals surface area contributed by atoms with Crippen LogP contribution in [0, 0.1) is 0 Å². The Morgan fingerprint density at radius 2 is 2.45 bits per heavy atom. The van der Waals surface area contributed by atoms with Crippen molar-refractivity contribution in [2.45, 2.75) is 19.3 Å². The Labute approximate surface area is 65.6 Å². The van der Waals surface area contributed by atoms with Crippen molar-refractivity contribution in [2.24, 2.45) is 5.10 Å². The van der Waals surface area contributed by atoms with Crippen molar-refractivity contribution in [3.63, 3.8) is 0 Å². The molecule has 0 bridgehead atoms. The molecule has 0 aliphatic heterocycles. The average Bonchev–Trinajstić information content (AvgIpc) is 1.85. The van der Waals surface area contributed by atoms with E-state index in [1.165, 1.54) is 13.5 Å². The molecule has 1 saturated carbocycles. The summed E-state index contributed by atoms with van der Waals surface area (Å²) < 4.78 is 4.61. The molecule has 1 N–H and O–H groups in total. The summed E-state index contributed by atoms with van der Waals surface area (Å²) in [4.78, 5) is 10.7. The van der Waals surface area contributed by atoms with E-state index in [2.05, 4.69) is 15.3 Å². The average molecular weight is 156 g/mol. The smallest absolute Gasteiger partial charge is 0.266 e. The number of hydrogen-bond donors (Lipinski definition) is 1. The van der Waals surface area contributed by atoms with Crippen molar-refractivity contribution in [2.75, 3.05) is 13.7 Å². The van der Waals surface area contributed by atoms with Gasteiger partial charge < -0.3 is 4.74 Å². The normalized spacial score (nSPS) is 15.5. The highest BCUT2D eigenvalue weighted by molar-refractivity contribution is 5.90. The summed E-state index contributed by atoms with van der Waals surface area (Å²) in [5.41, 5.74) is 3.49. The molecule has 11 heavy (non-hydrogen) atoms. The van der Waals surface area contributed by atoms with Crippen molar-refractivity contribution in [1.29, 1.82) is 0 Å². The third-order valence-electron chi connectivity index (χ3n) is 1.54. The van der Waals surface area contributed by atoms with Crippen molar-refractivity contribution in [3.05, 3.63) is 0 Å². The van der Waals surface area contributed by atoms with E-state index >= 15 is 0 Å². The van der Waals surface area contributed by atoms with E-state index in [0.29, 0.717) is 0 Å². The molecule has 0 atom stereocenters. The van der Waals surface area contributed by atoms with Gasteiger partial charge in [-0.15, -0.1) is 0 Å². The molecule has 1 aliphatic carbocycles. The lowest BCUT2D eigenvalue weighted by molar-refractivity contribution is -0.124. The van der Waals surface area contributed by atoms with E-state index in [0.717, 1.165) is 18.6 Å². The molecular weight excluding hydrogens is 144 g/mol. The molecule has 0 spiro atoms. The Bertz CT molecular complexity index is 171. The zero-order valence-corrected chi connectivity index (χ0v) is 6.59. The number of carbonyl (C=O) groups is 1. The summed E-state index contributed by atoms with van der Waals surface area (Å²) in [6, 6.07) is 0. The van der Waals surface area contributed by atoms with Gasteiger partial charge in [0.2, 0.25) is 0 Å². The Balaban J connectivity index is 2.14. The topological polar surface area (TPSA) is 50.7 Å². The highest BCUT2D eigenvalue weighted by Crippen LogP contribution is 2.13. The molecule has 0 aromatic heterocycles. The zero-order chi connectivity index (χ0) is 8.10. The van der Waals surface area contributed by atoms with Crippen molar-refractivity contribution >= 4 is 11.6 Å². The van der Waals surface area contributed by atoms with Gasteiger partial charge in [0.15, 0.2) is 0 Å². The van der Waals surface area contributed by atoms with E-state index in [9.17, 15) is 4.79 Å². The van der Waals surface area contributed by atoms with Crippen molar-refractivity contribution < 1.29 is 9.53 Å². The number of amides is 1. The summed E-state index contributed by atoms with van der Waals surface area (Å²) in [6.45, 7) is 0.0801. The highest BCUT2D eigenvalue weighted by Gasteiger charge is 2.10. The van der Waals surface area contributed by atoms with Crippen LogP contribution in [0.5, 0.6) is 0 Å². The number of nitrogens with zero attached hydrogens (tertiary/aromatic N) is 1. The molecule has 1 fully saturated rings. The molecule has 1 rings (SSSR count). The fourth-order valence-corrected chi connectivity index (χ4v) is 0.751. The maximum absolute atomic E-state index is 10.7. The van der Waals surface area contributed by atoms with Crippen LogP contribution in [0.3, 0.4) is 0 Å². The maximum Gasteiger partial charge on any atom is 0.266 e. The van der Waals surface area contributed by atoms with Crippen LogP contribution >= 0.6 is 0 Å². The van der Waals surface area contributed by atoms with Crippen LogP contribution in [-0.4, -0.2) is 25.3 Å². The third-order valence-corrected chi connectivity index (χ3v) is 1.54. The number of carbonyl (C=O) groups excluding carboxylic acids is 1. The van der Waals surface area contributed by atoms with E-state index in [-0.39, 0.29) is 12.5 Å². The summed E-state index contributed by atoms with van der Waals surface area (Å²) in [5.74, 6) is -0.188. The van der Waals surface area contributed by atoms with Gasteiger partial charge >= 0.3 is 0 Å². The number of hydrazone groups is 1. The number of ether oxygens (including phenoxy) is 1. The largest absolute Gasteiger partial charge is 0.375 e. The molecule has 0 aromatic rings. The maximum atomic E-state index is 10.7. The van der Waals surface area contributed by atoms with Crippen LogP contribution in [-0.2, 0) is 9.53 Å². The quantitative estimate of drug-likeness (QED) is 0.597. The highest BCUT2D eigenvalue weighted by atomic mass is 16.5. The molecule has 0 heterocycles. The predicted octanol–water partition coefficient (Wildman–Crippen LogP) is 0.289. The predicted molar refractivity (Wildman–Crippen MR) is 41.3 cm³/mol. The Morgan fingerprint density at radius 3 is 2.91 bits per heavy atom. The monoisotopic (exact) mass is 156 g/mol. The molecule has 0 radical (unpaired) electrons. The summed E-state index contributed by atoms with van der Waals surface area (Å²) >= 11 is 0. The SMILES string of the molecule is COCC(=O)NN=C1CCC1. The van der Waals surface area contributed by atoms with Crippen LogP contribution in [0.4, 0.5) is 0 Å². The fourth-order valence-electron chi connectivity index (χ4n) is 0.751. The lowest BCUT2D eigenvalue weighted by Crippen LogP contribution is -2.25. The Hall–Kier alpha value is -0.900. The van der Waals surface area contributed by atoms with Gasteiger partial charge in [0.25, 0.3) is 5.91 Å². The second-order valence-electron chi connectivity index (χ2n) is 2.50. The first-order valence-electron chi connectivity index (χ1n) is 3.66. The van der Waals surface area contributed by atoms with E-state index in [1.807, 2.05) is 0 Å². The molecule has 0 saturated heterocycles. The van der Waals surface area contributed by atoms with Gasteiger partial charge in [-0.25, -0.2) is 5.43 Å². The van der Waals surface area contributed by atoms with Gasteiger partial charge in [0.05, 0.1) is 0 Å². The number of rotatable bonds is 3. The van der Waals surface area contributed by atoms with Gasteiger partial charge in [-0.05, 0) is 19.3 Å². The van der Waals surface area contributed by atoms with Crippen LogP contribution in [0.2, 0.25) is 0 Å².